The summed E-state index contributed by atoms with van der Waals surface area (Å²) in [5, 5.41) is 15.7. The molecule has 1 aromatic carbocycles. The van der Waals surface area contributed by atoms with E-state index < -0.39 is 0 Å². The van der Waals surface area contributed by atoms with Gasteiger partial charge in [-0.1, -0.05) is 0 Å². The molecule has 2 aliphatic rings. The number of amides is 1. The average Bonchev–Trinajstić information content (AvgIpc) is 2.72. The van der Waals surface area contributed by atoms with Gasteiger partial charge in [0.05, 0.1) is 12.2 Å². The summed E-state index contributed by atoms with van der Waals surface area (Å²) in [6.07, 6.45) is 5.40. The molecule has 0 radical (unpaired) electrons. The van der Waals surface area contributed by atoms with Crippen LogP contribution in [0.2, 0.25) is 0 Å². The first-order chi connectivity index (χ1) is 13.2. The lowest BCUT2D eigenvalue weighted by molar-refractivity contribution is -0.116. The van der Waals surface area contributed by atoms with Gasteiger partial charge in [0.15, 0.2) is 0 Å². The van der Waals surface area contributed by atoms with Crippen molar-refractivity contribution in [1.82, 2.24) is 4.98 Å². The molecule has 3 N–H and O–H groups in total. The van der Waals surface area contributed by atoms with E-state index in [4.69, 9.17) is 0 Å². The van der Waals surface area contributed by atoms with E-state index >= 15 is 0 Å². The second-order valence-electron chi connectivity index (χ2n) is 7.42. The van der Waals surface area contributed by atoms with Crippen molar-refractivity contribution in [2.75, 3.05) is 35.2 Å². The molecule has 1 atom stereocenters. The predicted molar refractivity (Wildman–Crippen MR) is 107 cm³/mol. The summed E-state index contributed by atoms with van der Waals surface area (Å²) >= 11 is 0. The Kier molecular flexibility index (Phi) is 5.25. The number of aliphatic hydroxyl groups is 1. The van der Waals surface area contributed by atoms with Crippen LogP contribution in [0, 0.1) is 5.92 Å². The number of aryl methyl sites for hydroxylation is 1. The Bertz CT molecular complexity index is 806. The quantitative estimate of drug-likeness (QED) is 0.758. The van der Waals surface area contributed by atoms with Gasteiger partial charge < -0.3 is 20.6 Å². The average molecular weight is 366 g/mol. The summed E-state index contributed by atoms with van der Waals surface area (Å²) in [6, 6.07) is 10.4. The minimum Gasteiger partial charge on any atom is -0.396 e. The molecule has 1 amide bonds. The molecule has 4 rings (SSSR count). The highest BCUT2D eigenvalue weighted by Crippen LogP contribution is 2.25. The molecule has 3 heterocycles. The Morgan fingerprint density at radius 3 is 2.93 bits per heavy atom. The Hall–Kier alpha value is -2.60. The van der Waals surface area contributed by atoms with Crippen LogP contribution in [0.5, 0.6) is 0 Å². The number of piperidine rings is 1. The lowest BCUT2D eigenvalue weighted by Crippen LogP contribution is -2.36. The highest BCUT2D eigenvalue weighted by Gasteiger charge is 2.19. The summed E-state index contributed by atoms with van der Waals surface area (Å²) in [7, 11) is 0. The van der Waals surface area contributed by atoms with Crippen molar-refractivity contribution in [2.45, 2.75) is 32.2 Å². The number of aromatic nitrogens is 1. The van der Waals surface area contributed by atoms with Crippen LogP contribution in [0.4, 0.5) is 17.1 Å². The highest BCUT2D eigenvalue weighted by molar-refractivity contribution is 5.93. The molecule has 0 aliphatic carbocycles. The van der Waals surface area contributed by atoms with Crippen LogP contribution in [-0.4, -0.2) is 35.7 Å². The molecular weight excluding hydrogens is 340 g/mol. The number of carbonyl (C=O) groups excluding carboxylic acids is 1. The molecule has 6 nitrogen and oxygen atoms in total. The monoisotopic (exact) mass is 366 g/mol. The van der Waals surface area contributed by atoms with Gasteiger partial charge in [0, 0.05) is 49.4 Å². The Morgan fingerprint density at radius 2 is 2.11 bits per heavy atom. The number of aliphatic hydroxyl groups excluding tert-OH is 1. The second-order valence-corrected chi connectivity index (χ2v) is 7.42. The van der Waals surface area contributed by atoms with E-state index in [1.165, 1.54) is 5.69 Å². The van der Waals surface area contributed by atoms with E-state index in [-0.39, 0.29) is 12.5 Å². The smallest absolute Gasteiger partial charge is 0.224 e. The third kappa shape index (κ3) is 4.22. The van der Waals surface area contributed by atoms with Crippen LogP contribution < -0.4 is 15.5 Å². The molecule has 2 aromatic rings. The van der Waals surface area contributed by atoms with E-state index in [0.29, 0.717) is 18.9 Å². The summed E-state index contributed by atoms with van der Waals surface area (Å²) in [4.78, 5) is 18.4. The number of pyridine rings is 1. The number of anilines is 3. The first kappa shape index (κ1) is 17.8. The predicted octanol–water partition coefficient (Wildman–Crippen LogP) is 2.79. The van der Waals surface area contributed by atoms with Gasteiger partial charge in [0.2, 0.25) is 5.91 Å². The minimum atomic E-state index is 0.0735. The first-order valence-corrected chi connectivity index (χ1v) is 9.68. The van der Waals surface area contributed by atoms with Crippen LogP contribution in [-0.2, 0) is 17.8 Å². The molecule has 1 saturated heterocycles. The topological polar surface area (TPSA) is 77.5 Å². The lowest BCUT2D eigenvalue weighted by Gasteiger charge is -2.33. The fourth-order valence-corrected chi connectivity index (χ4v) is 3.83. The van der Waals surface area contributed by atoms with Gasteiger partial charge in [-0.25, -0.2) is 0 Å². The van der Waals surface area contributed by atoms with Gasteiger partial charge in [-0.2, -0.15) is 0 Å². The second kappa shape index (κ2) is 7.96. The molecule has 2 aliphatic heterocycles. The molecule has 1 aromatic heterocycles. The van der Waals surface area contributed by atoms with Crippen molar-refractivity contribution in [3.05, 3.63) is 47.8 Å². The Morgan fingerprint density at radius 1 is 1.26 bits per heavy atom. The zero-order chi connectivity index (χ0) is 18.6. The number of nitrogens with zero attached hydrogens (tertiary/aromatic N) is 2. The number of nitrogens with one attached hydrogen (secondary N) is 2. The normalized spacial score (nSPS) is 19.4. The fourth-order valence-electron chi connectivity index (χ4n) is 3.83. The Balaban J connectivity index is 1.36. The highest BCUT2D eigenvalue weighted by atomic mass is 16.3. The largest absolute Gasteiger partial charge is 0.396 e. The van der Waals surface area contributed by atoms with Crippen molar-refractivity contribution in [3.8, 4) is 0 Å². The SMILES string of the molecule is O=C1CCc2cnc(CNc3ccc(N4CCCC(CO)C4)cc3)cc2N1. The van der Waals surface area contributed by atoms with Crippen LogP contribution >= 0.6 is 0 Å². The molecule has 0 saturated carbocycles. The molecule has 0 spiro atoms. The number of hydrogen-bond donors (Lipinski definition) is 3. The zero-order valence-corrected chi connectivity index (χ0v) is 15.4. The van der Waals surface area contributed by atoms with Crippen LogP contribution in [0.15, 0.2) is 36.5 Å². The van der Waals surface area contributed by atoms with Crippen LogP contribution in [0.3, 0.4) is 0 Å². The number of carbonyl (C=O) groups is 1. The van der Waals surface area contributed by atoms with Crippen molar-refractivity contribution in [2.24, 2.45) is 5.92 Å². The van der Waals surface area contributed by atoms with Gasteiger partial charge >= 0.3 is 0 Å². The summed E-state index contributed by atoms with van der Waals surface area (Å²) in [5.41, 5.74) is 5.13. The Labute approximate surface area is 159 Å². The maximum absolute atomic E-state index is 11.6. The minimum absolute atomic E-state index is 0.0735. The maximum atomic E-state index is 11.6. The number of hydrogen-bond acceptors (Lipinski definition) is 5. The van der Waals surface area contributed by atoms with Crippen LogP contribution in [0.1, 0.15) is 30.5 Å². The van der Waals surface area contributed by atoms with Gasteiger partial charge in [-0.05, 0) is 61.1 Å². The van der Waals surface area contributed by atoms with Crippen molar-refractivity contribution in [3.63, 3.8) is 0 Å². The lowest BCUT2D eigenvalue weighted by atomic mass is 9.98. The number of fused-ring (bicyclic) bond motifs is 1. The third-order valence-corrected chi connectivity index (χ3v) is 5.42. The number of rotatable bonds is 5. The van der Waals surface area contributed by atoms with E-state index in [9.17, 15) is 9.90 Å². The number of benzene rings is 1. The molecule has 0 bridgehead atoms. The van der Waals surface area contributed by atoms with Crippen molar-refractivity contribution in [1.29, 1.82) is 0 Å². The molecule has 1 unspecified atom stereocenters. The van der Waals surface area contributed by atoms with E-state index in [1.807, 2.05) is 12.3 Å². The first-order valence-electron chi connectivity index (χ1n) is 9.68. The van der Waals surface area contributed by atoms with Gasteiger partial charge in [0.1, 0.15) is 0 Å². The van der Waals surface area contributed by atoms with Gasteiger partial charge in [-0.3, -0.25) is 9.78 Å². The van der Waals surface area contributed by atoms with E-state index in [0.717, 1.165) is 55.0 Å². The molecule has 27 heavy (non-hydrogen) atoms. The fraction of sp³-hybridized carbons (Fsp3) is 0.429. The van der Waals surface area contributed by atoms with Crippen LogP contribution in [0.25, 0.3) is 0 Å². The molecule has 1 fully saturated rings. The third-order valence-electron chi connectivity index (χ3n) is 5.42. The van der Waals surface area contributed by atoms with Gasteiger partial charge in [0.25, 0.3) is 0 Å². The maximum Gasteiger partial charge on any atom is 0.224 e. The van der Waals surface area contributed by atoms with E-state index in [2.05, 4.69) is 44.8 Å². The van der Waals surface area contributed by atoms with Crippen molar-refractivity contribution < 1.29 is 9.90 Å². The molecule has 142 valence electrons. The standard InChI is InChI=1S/C21H26N4O2/c26-14-15-2-1-9-25(13-15)19-6-4-17(5-7-19)23-12-18-10-20-16(11-22-18)3-8-21(27)24-20/h4-7,10-11,15,23,26H,1-3,8-9,12-14H2,(H,24,27). The van der Waals surface area contributed by atoms with E-state index in [1.54, 1.807) is 0 Å². The summed E-state index contributed by atoms with van der Waals surface area (Å²) in [6.45, 7) is 2.85. The molecule has 6 heteroatoms. The van der Waals surface area contributed by atoms with Gasteiger partial charge in [-0.15, -0.1) is 0 Å². The summed E-state index contributed by atoms with van der Waals surface area (Å²) < 4.78 is 0. The van der Waals surface area contributed by atoms with Crippen molar-refractivity contribution >= 4 is 23.0 Å². The summed E-state index contributed by atoms with van der Waals surface area (Å²) in [5.74, 6) is 0.455. The molecular formula is C21H26N4O2. The zero-order valence-electron chi connectivity index (χ0n) is 15.4.